The van der Waals surface area contributed by atoms with Crippen molar-refractivity contribution < 1.29 is 9.59 Å². The Labute approximate surface area is 143 Å². The molecule has 0 aliphatic heterocycles. The quantitative estimate of drug-likeness (QED) is 0.736. The third kappa shape index (κ3) is 7.63. The van der Waals surface area contributed by atoms with Crippen LogP contribution in [0, 0.1) is 5.92 Å². The Morgan fingerprint density at radius 1 is 1.36 bits per heavy atom. The van der Waals surface area contributed by atoms with Crippen LogP contribution < -0.4 is 11.1 Å². The fraction of sp³-hybridized carbons (Fsp3) is 0.615. The number of hydrogen-bond acceptors (Lipinski definition) is 4. The van der Waals surface area contributed by atoms with Crippen molar-refractivity contribution in [1.29, 1.82) is 0 Å². The summed E-state index contributed by atoms with van der Waals surface area (Å²) in [7, 11) is 1.69. The first-order valence-corrected chi connectivity index (χ1v) is 6.66. The predicted octanol–water partition coefficient (Wildman–Crippen LogP) is 0.285. The fourth-order valence-corrected chi connectivity index (χ4v) is 1.53. The lowest BCUT2D eigenvalue weighted by Gasteiger charge is -2.19. The highest BCUT2D eigenvalue weighted by Gasteiger charge is 2.18. The summed E-state index contributed by atoms with van der Waals surface area (Å²) in [6, 6.07) is 1.24. The highest BCUT2D eigenvalue weighted by molar-refractivity contribution is 5.87. The van der Waals surface area contributed by atoms with Gasteiger partial charge < -0.3 is 16.0 Å². The number of likely N-dealkylation sites (N-methyl/N-ethyl adjacent to an activating group) is 1. The first-order chi connectivity index (χ1) is 9.41. The van der Waals surface area contributed by atoms with Gasteiger partial charge in [-0.1, -0.05) is 13.8 Å². The van der Waals surface area contributed by atoms with Crippen LogP contribution in [-0.4, -0.2) is 52.7 Å². The number of halogens is 2. The molecule has 1 heterocycles. The van der Waals surface area contributed by atoms with Crippen LogP contribution >= 0.6 is 24.8 Å². The summed E-state index contributed by atoms with van der Waals surface area (Å²) in [5.74, 6) is -0.405. The summed E-state index contributed by atoms with van der Waals surface area (Å²) < 4.78 is 1.75. The monoisotopic (exact) mass is 353 g/mol. The smallest absolute Gasteiger partial charge is 0.241 e. The van der Waals surface area contributed by atoms with Gasteiger partial charge in [0.1, 0.15) is 0 Å². The summed E-state index contributed by atoms with van der Waals surface area (Å²) in [5.41, 5.74) is 5.70. The van der Waals surface area contributed by atoms with Crippen LogP contribution in [0.1, 0.15) is 13.8 Å². The molecule has 7 nitrogen and oxygen atoms in total. The molecule has 1 atom stereocenters. The van der Waals surface area contributed by atoms with E-state index in [0.717, 1.165) is 0 Å². The molecule has 2 amide bonds. The molecule has 0 unspecified atom stereocenters. The number of carbonyl (C=O) groups excluding carboxylic acids is 2. The highest BCUT2D eigenvalue weighted by atomic mass is 35.5. The van der Waals surface area contributed by atoms with Gasteiger partial charge in [0.2, 0.25) is 11.8 Å². The molecule has 9 heteroatoms. The van der Waals surface area contributed by atoms with Crippen LogP contribution in [0.4, 0.5) is 0 Å². The minimum absolute atomic E-state index is 0. The van der Waals surface area contributed by atoms with E-state index in [1.165, 1.54) is 0 Å². The van der Waals surface area contributed by atoms with Gasteiger partial charge in [-0.2, -0.15) is 5.10 Å². The minimum atomic E-state index is -0.586. The van der Waals surface area contributed by atoms with Gasteiger partial charge in [-0.05, 0) is 12.0 Å². The molecule has 0 fully saturated rings. The molecule has 3 N–H and O–H groups in total. The number of amides is 2. The lowest BCUT2D eigenvalue weighted by atomic mass is 10.1. The van der Waals surface area contributed by atoms with Crippen molar-refractivity contribution in [3.05, 3.63) is 18.5 Å². The zero-order chi connectivity index (χ0) is 15.1. The fourth-order valence-electron chi connectivity index (χ4n) is 1.53. The third-order valence-corrected chi connectivity index (χ3v) is 3.08. The lowest BCUT2D eigenvalue weighted by molar-refractivity contribution is -0.132. The summed E-state index contributed by atoms with van der Waals surface area (Å²) in [4.78, 5) is 25.0. The molecule has 1 aromatic rings. The summed E-state index contributed by atoms with van der Waals surface area (Å²) in [6.07, 6.45) is 3.52. The summed E-state index contributed by atoms with van der Waals surface area (Å²) in [6.45, 7) is 4.85. The maximum Gasteiger partial charge on any atom is 0.241 e. The summed E-state index contributed by atoms with van der Waals surface area (Å²) >= 11 is 0. The van der Waals surface area contributed by atoms with Crippen LogP contribution in [-0.2, 0) is 16.1 Å². The van der Waals surface area contributed by atoms with Crippen molar-refractivity contribution >= 4 is 36.6 Å². The lowest BCUT2D eigenvalue weighted by Crippen LogP contribution is -2.47. The number of nitrogens with zero attached hydrogens (tertiary/aromatic N) is 3. The molecule has 128 valence electrons. The molecule has 0 spiro atoms. The van der Waals surface area contributed by atoms with E-state index in [9.17, 15) is 9.59 Å². The van der Waals surface area contributed by atoms with Crippen LogP contribution in [0.25, 0.3) is 0 Å². The van der Waals surface area contributed by atoms with E-state index in [4.69, 9.17) is 5.73 Å². The average Bonchev–Trinajstić information content (AvgIpc) is 2.93. The van der Waals surface area contributed by atoms with Gasteiger partial charge in [-0.15, -0.1) is 24.8 Å². The van der Waals surface area contributed by atoms with E-state index in [-0.39, 0.29) is 49.1 Å². The number of carbonyl (C=O) groups is 2. The molecule has 0 saturated carbocycles. The Kier molecular flexibility index (Phi) is 11.8. The molecule has 1 aromatic heterocycles. The predicted molar refractivity (Wildman–Crippen MR) is 90.2 cm³/mol. The van der Waals surface area contributed by atoms with Crippen LogP contribution in [0.3, 0.4) is 0 Å². The molecule has 0 bridgehead atoms. The molecular formula is C13H25Cl2N5O2. The Bertz CT molecular complexity index is 440. The van der Waals surface area contributed by atoms with E-state index < -0.39 is 6.04 Å². The maximum absolute atomic E-state index is 11.8. The van der Waals surface area contributed by atoms with Crippen molar-refractivity contribution in [2.24, 2.45) is 11.7 Å². The van der Waals surface area contributed by atoms with Gasteiger partial charge in [0.25, 0.3) is 0 Å². The van der Waals surface area contributed by atoms with E-state index in [1.54, 1.807) is 22.8 Å². The Balaban J connectivity index is 0. The number of aromatic nitrogens is 2. The van der Waals surface area contributed by atoms with Gasteiger partial charge in [0.15, 0.2) is 0 Å². The molecule has 0 aliphatic rings. The van der Waals surface area contributed by atoms with Crippen LogP contribution in [0.5, 0.6) is 0 Å². The molecule has 0 aliphatic carbocycles. The molecule has 0 radical (unpaired) electrons. The van der Waals surface area contributed by atoms with E-state index in [0.29, 0.717) is 13.1 Å². The molecule has 22 heavy (non-hydrogen) atoms. The molecule has 0 saturated heterocycles. The number of nitrogens with one attached hydrogen (secondary N) is 1. The Morgan fingerprint density at radius 2 is 2.00 bits per heavy atom. The average molecular weight is 354 g/mol. The minimum Gasteiger partial charge on any atom is -0.346 e. The standard InChI is InChI=1S/C13H23N5O2.2ClH/c1-10(2)12(14)13(20)15-9-11(19)17(3)7-8-18-6-4-5-16-18;;/h4-6,10,12H,7-9,14H2,1-3H3,(H,15,20);2*1H/t12-;;/m0../s1. The Hall–Kier alpha value is -1.31. The number of hydrogen-bond donors (Lipinski definition) is 2. The molecule has 1 rings (SSSR count). The highest BCUT2D eigenvalue weighted by Crippen LogP contribution is 1.97. The van der Waals surface area contributed by atoms with E-state index in [1.807, 2.05) is 26.1 Å². The zero-order valence-electron chi connectivity index (χ0n) is 13.1. The second-order valence-electron chi connectivity index (χ2n) is 5.07. The summed E-state index contributed by atoms with van der Waals surface area (Å²) in [5, 5.41) is 6.62. The van der Waals surface area contributed by atoms with Crippen molar-refractivity contribution in [2.45, 2.75) is 26.4 Å². The van der Waals surface area contributed by atoms with Crippen molar-refractivity contribution in [2.75, 3.05) is 20.1 Å². The number of rotatable bonds is 7. The molecule has 0 aromatic carbocycles. The third-order valence-electron chi connectivity index (χ3n) is 3.08. The first-order valence-electron chi connectivity index (χ1n) is 6.66. The van der Waals surface area contributed by atoms with E-state index in [2.05, 4.69) is 10.4 Å². The Morgan fingerprint density at radius 3 is 2.50 bits per heavy atom. The van der Waals surface area contributed by atoms with Gasteiger partial charge in [0.05, 0.1) is 19.1 Å². The second kappa shape index (κ2) is 11.3. The zero-order valence-corrected chi connectivity index (χ0v) is 14.7. The van der Waals surface area contributed by atoms with Gasteiger partial charge in [0, 0.05) is 26.0 Å². The first kappa shape index (κ1) is 23.0. The van der Waals surface area contributed by atoms with Crippen molar-refractivity contribution in [3.8, 4) is 0 Å². The maximum atomic E-state index is 11.8. The van der Waals surface area contributed by atoms with Crippen LogP contribution in [0.2, 0.25) is 0 Å². The largest absolute Gasteiger partial charge is 0.346 e. The van der Waals surface area contributed by atoms with Gasteiger partial charge >= 0.3 is 0 Å². The van der Waals surface area contributed by atoms with Crippen molar-refractivity contribution in [3.63, 3.8) is 0 Å². The molecular weight excluding hydrogens is 329 g/mol. The normalized spacial score (nSPS) is 11.1. The number of nitrogens with two attached hydrogens (primary N) is 1. The second-order valence-corrected chi connectivity index (χ2v) is 5.07. The van der Waals surface area contributed by atoms with Crippen molar-refractivity contribution in [1.82, 2.24) is 20.0 Å². The van der Waals surface area contributed by atoms with Gasteiger partial charge in [-0.25, -0.2) is 0 Å². The SMILES string of the molecule is CC(C)[C@H](N)C(=O)NCC(=O)N(C)CCn1cccn1.Cl.Cl. The van der Waals surface area contributed by atoms with Crippen LogP contribution in [0.15, 0.2) is 18.5 Å². The topological polar surface area (TPSA) is 93.2 Å². The van der Waals surface area contributed by atoms with E-state index >= 15 is 0 Å². The van der Waals surface area contributed by atoms with Gasteiger partial charge in [-0.3, -0.25) is 14.3 Å².